The predicted octanol–water partition coefficient (Wildman–Crippen LogP) is 2.41. The molecule has 2 N–H and O–H groups in total. The van der Waals surface area contributed by atoms with Crippen molar-refractivity contribution in [2.75, 3.05) is 43.0 Å². The topological polar surface area (TPSA) is 32.5 Å². The first kappa shape index (κ1) is 14.2. The summed E-state index contributed by atoms with van der Waals surface area (Å²) in [6, 6.07) is 4.69. The van der Waals surface area contributed by atoms with E-state index >= 15 is 0 Å². The molecule has 2 rings (SSSR count). The maximum absolute atomic E-state index is 5.87. The van der Waals surface area contributed by atoms with Crippen LogP contribution in [0.25, 0.3) is 0 Å². The molecule has 0 aliphatic carbocycles. The van der Waals surface area contributed by atoms with E-state index in [1.807, 2.05) is 0 Å². The van der Waals surface area contributed by atoms with Crippen LogP contribution in [0.4, 0.5) is 11.4 Å². The average molecular weight is 261 g/mol. The Hall–Kier alpha value is -1.22. The van der Waals surface area contributed by atoms with E-state index in [1.165, 1.54) is 22.5 Å². The van der Waals surface area contributed by atoms with Gasteiger partial charge >= 0.3 is 0 Å². The van der Waals surface area contributed by atoms with Crippen molar-refractivity contribution in [1.29, 1.82) is 0 Å². The first-order chi connectivity index (χ1) is 9.10. The lowest BCUT2D eigenvalue weighted by Crippen LogP contribution is -2.36. The monoisotopic (exact) mass is 261 g/mol. The highest BCUT2D eigenvalue weighted by atomic mass is 15.1. The highest BCUT2D eigenvalue weighted by molar-refractivity contribution is 5.67. The van der Waals surface area contributed by atoms with Crippen LogP contribution < -0.4 is 15.5 Å². The summed E-state index contributed by atoms with van der Waals surface area (Å²) >= 11 is 0. The maximum Gasteiger partial charge on any atom is 0.0427 e. The fourth-order valence-electron chi connectivity index (χ4n) is 3.32. The molecule has 19 heavy (non-hydrogen) atoms. The van der Waals surface area contributed by atoms with Crippen LogP contribution in [0, 0.1) is 12.8 Å². The smallest absolute Gasteiger partial charge is 0.0427 e. The lowest BCUT2D eigenvalue weighted by molar-refractivity contribution is 0.514. The van der Waals surface area contributed by atoms with Crippen molar-refractivity contribution < 1.29 is 0 Å². The van der Waals surface area contributed by atoms with Gasteiger partial charge in [0, 0.05) is 38.1 Å². The van der Waals surface area contributed by atoms with Gasteiger partial charge in [-0.15, -0.1) is 0 Å². The summed E-state index contributed by atoms with van der Waals surface area (Å²) in [5.41, 5.74) is 11.5. The van der Waals surface area contributed by atoms with Gasteiger partial charge < -0.3 is 15.5 Å². The van der Waals surface area contributed by atoms with E-state index in [1.54, 1.807) is 0 Å². The molecule has 106 valence electrons. The summed E-state index contributed by atoms with van der Waals surface area (Å²) in [4.78, 5) is 4.79. The Kier molecular flexibility index (Phi) is 4.35. The first-order valence-corrected chi connectivity index (χ1v) is 7.40. The van der Waals surface area contributed by atoms with Gasteiger partial charge in [-0.1, -0.05) is 0 Å². The first-order valence-electron chi connectivity index (χ1n) is 7.40. The lowest BCUT2D eigenvalue weighted by Gasteiger charge is -2.35. The summed E-state index contributed by atoms with van der Waals surface area (Å²) in [6.45, 7) is 10.6. The molecule has 0 bridgehead atoms. The number of fused-ring (bicyclic) bond motifs is 1. The van der Waals surface area contributed by atoms with Crippen LogP contribution in [-0.4, -0.2) is 33.2 Å². The summed E-state index contributed by atoms with van der Waals surface area (Å²) in [7, 11) is 2.19. The number of hydrogen-bond donors (Lipinski definition) is 1. The van der Waals surface area contributed by atoms with Crippen LogP contribution in [0.15, 0.2) is 12.1 Å². The summed E-state index contributed by atoms with van der Waals surface area (Å²) in [6.07, 6.45) is 1.12. The molecular formula is C16H27N3. The van der Waals surface area contributed by atoms with Gasteiger partial charge in [0.05, 0.1) is 0 Å². The zero-order valence-corrected chi connectivity index (χ0v) is 12.7. The number of aryl methyl sites for hydroxylation is 1. The van der Waals surface area contributed by atoms with Crippen molar-refractivity contribution in [3.63, 3.8) is 0 Å². The standard InChI is InChI=1S/C16H27N3/c1-5-19(6-2)15-7-12(3)16-14(9-15)8-13(10-17)11-18(16)4/h7,9,13H,5-6,8,10-11,17H2,1-4H3. The molecule has 0 fully saturated rings. The SMILES string of the molecule is CCN(CC)c1cc(C)c2c(c1)CC(CN)CN2C. The third-order valence-electron chi connectivity index (χ3n) is 4.25. The molecule has 0 aromatic heterocycles. The van der Waals surface area contributed by atoms with Crippen molar-refractivity contribution in [2.24, 2.45) is 11.7 Å². The Morgan fingerprint density at radius 3 is 2.58 bits per heavy atom. The molecule has 1 aromatic rings. The van der Waals surface area contributed by atoms with Crippen LogP contribution in [0.1, 0.15) is 25.0 Å². The van der Waals surface area contributed by atoms with Crippen LogP contribution in [0.2, 0.25) is 0 Å². The molecule has 0 saturated carbocycles. The Morgan fingerprint density at radius 2 is 2.00 bits per heavy atom. The number of nitrogens with zero attached hydrogens (tertiary/aromatic N) is 2. The van der Waals surface area contributed by atoms with Gasteiger partial charge in [-0.2, -0.15) is 0 Å². The molecule has 3 nitrogen and oxygen atoms in total. The molecule has 1 atom stereocenters. The van der Waals surface area contributed by atoms with E-state index in [4.69, 9.17) is 5.73 Å². The number of nitrogens with two attached hydrogens (primary N) is 1. The fourth-order valence-corrected chi connectivity index (χ4v) is 3.32. The van der Waals surface area contributed by atoms with E-state index in [0.29, 0.717) is 5.92 Å². The van der Waals surface area contributed by atoms with Crippen molar-refractivity contribution in [3.8, 4) is 0 Å². The Balaban J connectivity index is 2.41. The molecule has 1 aromatic carbocycles. The minimum absolute atomic E-state index is 0.587. The van der Waals surface area contributed by atoms with Crippen LogP contribution in [0.3, 0.4) is 0 Å². The van der Waals surface area contributed by atoms with Gasteiger partial charge in [-0.25, -0.2) is 0 Å². The molecule has 0 amide bonds. The number of benzene rings is 1. The summed E-state index contributed by atoms with van der Waals surface area (Å²) < 4.78 is 0. The second kappa shape index (κ2) is 5.83. The van der Waals surface area contributed by atoms with Gasteiger partial charge in [0.1, 0.15) is 0 Å². The van der Waals surface area contributed by atoms with Crippen molar-refractivity contribution >= 4 is 11.4 Å². The Labute approximate surface area is 117 Å². The predicted molar refractivity (Wildman–Crippen MR) is 84.3 cm³/mol. The third kappa shape index (κ3) is 2.71. The molecular weight excluding hydrogens is 234 g/mol. The summed E-state index contributed by atoms with van der Waals surface area (Å²) in [5, 5.41) is 0. The van der Waals surface area contributed by atoms with E-state index < -0.39 is 0 Å². The van der Waals surface area contributed by atoms with Crippen molar-refractivity contribution in [3.05, 3.63) is 23.3 Å². The van der Waals surface area contributed by atoms with Crippen LogP contribution >= 0.6 is 0 Å². The highest BCUT2D eigenvalue weighted by Gasteiger charge is 2.23. The van der Waals surface area contributed by atoms with Crippen molar-refractivity contribution in [1.82, 2.24) is 0 Å². The van der Waals surface area contributed by atoms with E-state index in [-0.39, 0.29) is 0 Å². The molecule has 1 aliphatic rings. The average Bonchev–Trinajstić information content (AvgIpc) is 2.39. The Morgan fingerprint density at radius 1 is 1.32 bits per heavy atom. The number of anilines is 2. The fraction of sp³-hybridized carbons (Fsp3) is 0.625. The van der Waals surface area contributed by atoms with Gasteiger partial charge in [-0.3, -0.25) is 0 Å². The zero-order valence-electron chi connectivity index (χ0n) is 12.7. The quantitative estimate of drug-likeness (QED) is 0.903. The third-order valence-corrected chi connectivity index (χ3v) is 4.25. The van der Waals surface area contributed by atoms with E-state index in [9.17, 15) is 0 Å². The minimum Gasteiger partial charge on any atom is -0.374 e. The van der Waals surface area contributed by atoms with E-state index in [0.717, 1.165) is 32.6 Å². The molecule has 1 unspecified atom stereocenters. The van der Waals surface area contributed by atoms with Crippen LogP contribution in [0.5, 0.6) is 0 Å². The zero-order chi connectivity index (χ0) is 14.0. The largest absolute Gasteiger partial charge is 0.374 e. The normalized spacial score (nSPS) is 18.4. The lowest BCUT2D eigenvalue weighted by atomic mass is 9.90. The summed E-state index contributed by atoms with van der Waals surface area (Å²) in [5.74, 6) is 0.587. The molecule has 1 heterocycles. The van der Waals surface area contributed by atoms with Gasteiger partial charge in [0.2, 0.25) is 0 Å². The minimum atomic E-state index is 0.587. The molecule has 0 radical (unpaired) electrons. The molecule has 3 heteroatoms. The maximum atomic E-state index is 5.87. The number of hydrogen-bond acceptors (Lipinski definition) is 3. The van der Waals surface area contributed by atoms with Gasteiger partial charge in [-0.05, 0) is 62.9 Å². The van der Waals surface area contributed by atoms with E-state index in [2.05, 4.69) is 49.8 Å². The van der Waals surface area contributed by atoms with Gasteiger partial charge in [0.15, 0.2) is 0 Å². The second-order valence-electron chi connectivity index (χ2n) is 5.63. The Bertz CT molecular complexity index is 438. The highest BCUT2D eigenvalue weighted by Crippen LogP contribution is 2.35. The van der Waals surface area contributed by atoms with Gasteiger partial charge in [0.25, 0.3) is 0 Å². The molecule has 0 saturated heterocycles. The van der Waals surface area contributed by atoms with Crippen molar-refractivity contribution in [2.45, 2.75) is 27.2 Å². The second-order valence-corrected chi connectivity index (χ2v) is 5.63. The van der Waals surface area contributed by atoms with Crippen LogP contribution in [-0.2, 0) is 6.42 Å². The molecule has 0 spiro atoms. The number of rotatable bonds is 4. The molecule has 1 aliphatic heterocycles.